The maximum absolute atomic E-state index is 4.84. The maximum atomic E-state index is 4.84. The number of nitrogens with zero attached hydrogens (tertiary/aromatic N) is 11. The van der Waals surface area contributed by atoms with Crippen molar-refractivity contribution in [2.75, 3.05) is 9.80 Å². The van der Waals surface area contributed by atoms with Crippen LogP contribution in [-0.4, -0.2) is 67.4 Å². The summed E-state index contributed by atoms with van der Waals surface area (Å²) < 4.78 is 9.13. The molecule has 0 aliphatic carbocycles. The first-order chi connectivity index (χ1) is 63.6. The molecule has 0 unspecified atom stereocenters. The predicted octanol–water partition coefficient (Wildman–Crippen LogP) is 24.9. The van der Waals surface area contributed by atoms with Crippen molar-refractivity contribution in [1.29, 1.82) is 0 Å². The van der Waals surface area contributed by atoms with Crippen LogP contribution in [0.2, 0.25) is 39.3 Å². The Morgan fingerprint density at radius 3 is 1.25 bits per heavy atom. The number of hydrogen-bond acceptors (Lipinski definition) is 11. The Morgan fingerprint density at radius 2 is 0.596 bits per heavy atom. The molecule has 0 spiro atoms. The molecule has 0 saturated heterocycles. The molecule has 0 saturated carbocycles. The molecule has 0 amide bonds. The number of benzene rings is 13. The largest absolute Gasteiger partial charge is 0.358 e. The van der Waals surface area contributed by atoms with Gasteiger partial charge in [-0.15, -0.1) is 26.7 Å². The standard InChI is InChI=1S/C21H21N2Si2.C20H15N2.C20H15NSi.C17H9N2S2.2C17H9N2S.6Ir/c1-24(2)16-10-6-5-9-15(16)23-20-17(24)11-7-12-18(20)25(3,4)19-13-8-14-22-21(19)23;1-20(2)15-9-3-4-11-17(15)22-18-13(7-5-10-16(18)20)14-8-6-12-21-19(14)22;1-22(2)18-12-6-5-11-17(18)21-16-10-4-3-8-14(16)15-9-7-13-19(22)20(15)21;1-2-6-12-11(5-1)19-16-13(20-12)7-3-8-14(16)21-15-9-4-10-18-17(15)19;1-2-8-14-13(7-1)19-16-11(5-3-9-15(16)20-14)12-6-4-10-18-17(12)19;1-2-7-13-11(5-1)12-6-3-8-14-16(12)19(13)17-15(20-14)9-4-10-18-17;;;;;;/h5-8,10-14H,1-4H3;3-10,12H,1-2H3;3-9,12-13H,1-2H3;1-4,6-10H;2*1-6,8-10H;;;;;;/q2*-1;-2;3*-1;;;;;;. The third-order valence-corrected chi connectivity index (χ3v) is 41.9. The summed E-state index contributed by atoms with van der Waals surface area (Å²) in [6, 6.07) is 129. The summed E-state index contributed by atoms with van der Waals surface area (Å²) in [4.78, 5) is 37.9. The molecule has 22 aromatic rings. The molecule has 0 fully saturated rings. The third kappa shape index (κ3) is 14.7. The van der Waals surface area contributed by atoms with Crippen LogP contribution in [0.4, 0.5) is 34.4 Å². The van der Waals surface area contributed by atoms with Gasteiger partial charge < -0.3 is 28.1 Å². The van der Waals surface area contributed by atoms with Crippen LogP contribution < -0.4 is 40.9 Å². The number of pyridine rings is 5. The number of rotatable bonds is 0. The fourth-order valence-electron chi connectivity index (χ4n) is 21.1. The number of hydrogen-bond donors (Lipinski definition) is 0. The molecule has 24 heteroatoms. The first-order valence-electron chi connectivity index (χ1n) is 43.8. The topological polar surface area (TPSA) is 90.7 Å². The van der Waals surface area contributed by atoms with Gasteiger partial charge in [-0.3, -0.25) is 0 Å². The fraction of sp³-hybridized carbons (Fsp3) is 0.0804. The van der Waals surface area contributed by atoms with E-state index in [2.05, 4.69) is 356 Å². The molecule has 8 aliphatic heterocycles. The summed E-state index contributed by atoms with van der Waals surface area (Å²) in [6.45, 7) is 19.3. The van der Waals surface area contributed by atoms with Crippen molar-refractivity contribution in [3.8, 4) is 22.9 Å². The van der Waals surface area contributed by atoms with E-state index < -0.39 is 24.2 Å². The Bertz CT molecular complexity index is 8090. The first kappa shape index (κ1) is 95.3. The zero-order chi connectivity index (χ0) is 87.2. The quantitative estimate of drug-likeness (QED) is 0.107. The number of aromatic nitrogens is 9. The van der Waals surface area contributed by atoms with Gasteiger partial charge in [0, 0.05) is 204 Å². The van der Waals surface area contributed by atoms with Gasteiger partial charge in [0.05, 0.1) is 48.2 Å². The summed E-state index contributed by atoms with van der Waals surface area (Å²) in [5.41, 5.74) is 20.5. The molecule has 30 rings (SSSR count). The summed E-state index contributed by atoms with van der Waals surface area (Å²) in [6.07, 6.45) is 9.36. The van der Waals surface area contributed by atoms with E-state index in [-0.39, 0.29) is 126 Å². The van der Waals surface area contributed by atoms with Crippen LogP contribution in [-0.2, 0) is 126 Å². The molecule has 17 heterocycles. The van der Waals surface area contributed by atoms with Gasteiger partial charge in [-0.2, -0.15) is 193 Å². The Balaban J connectivity index is 0.000000104. The second-order valence-electron chi connectivity index (χ2n) is 35.6. The molecule has 11 nitrogen and oxygen atoms in total. The van der Waals surface area contributed by atoms with Crippen molar-refractivity contribution in [3.63, 3.8) is 0 Å². The van der Waals surface area contributed by atoms with E-state index in [9.17, 15) is 0 Å². The zero-order valence-corrected chi connectivity index (χ0v) is 94.9. The van der Waals surface area contributed by atoms with Gasteiger partial charge in [0.25, 0.3) is 0 Å². The summed E-state index contributed by atoms with van der Waals surface area (Å²) in [5.74, 6) is 3.14. The molecule has 136 heavy (non-hydrogen) atoms. The maximum Gasteiger partial charge on any atom is 0.149 e. The van der Waals surface area contributed by atoms with Crippen molar-refractivity contribution in [1.82, 2.24) is 43.2 Å². The molecule has 0 atom stereocenters. The third-order valence-electron chi connectivity index (χ3n) is 27.1. The van der Waals surface area contributed by atoms with Crippen LogP contribution >= 0.6 is 47.0 Å². The van der Waals surface area contributed by atoms with E-state index in [1.165, 1.54) is 169 Å². The normalized spacial score (nSPS) is 14.2. The molecule has 13 aromatic carbocycles. The van der Waals surface area contributed by atoms with Crippen molar-refractivity contribution < 1.29 is 121 Å². The van der Waals surface area contributed by atoms with E-state index in [1.807, 2.05) is 139 Å². The van der Waals surface area contributed by atoms with Gasteiger partial charge in [0.2, 0.25) is 0 Å². The number of fused-ring (bicyclic) bond motifs is 28. The second kappa shape index (κ2) is 37.2. The Morgan fingerprint density at radius 1 is 0.243 bits per heavy atom. The second-order valence-corrected chi connectivity index (χ2v) is 53.0. The number of para-hydroxylation sites is 13. The Labute approximate surface area is 890 Å². The molecule has 8 aliphatic rings. The summed E-state index contributed by atoms with van der Waals surface area (Å²) >= 11 is 7.21. The van der Waals surface area contributed by atoms with Crippen LogP contribution in [0.25, 0.3) is 110 Å². The van der Waals surface area contributed by atoms with E-state index in [1.54, 1.807) is 23.5 Å². The van der Waals surface area contributed by atoms with Crippen molar-refractivity contribution in [3.05, 3.63) is 382 Å². The molecular formula is C112H78Ir6N11S4Si3-7. The molecule has 678 valence electrons. The number of anilines is 6. The van der Waals surface area contributed by atoms with Gasteiger partial charge in [0.1, 0.15) is 36.8 Å². The molecule has 6 radical (unpaired) electrons. The first-order valence-corrected chi connectivity index (χ1v) is 56.0. The van der Waals surface area contributed by atoms with Crippen molar-refractivity contribution in [2.24, 2.45) is 0 Å². The smallest absolute Gasteiger partial charge is 0.149 e. The average molecular weight is 2940 g/mol. The van der Waals surface area contributed by atoms with Crippen LogP contribution in [0.3, 0.4) is 0 Å². The van der Waals surface area contributed by atoms with Gasteiger partial charge in [-0.05, 0) is 121 Å². The molecular weight excluding hydrogens is 2870 g/mol. The van der Waals surface area contributed by atoms with Gasteiger partial charge >= 0.3 is 0 Å². The van der Waals surface area contributed by atoms with Crippen LogP contribution in [0.5, 0.6) is 0 Å². The Kier molecular flexibility index (Phi) is 26.0. The summed E-state index contributed by atoms with van der Waals surface area (Å²) in [7, 11) is -5.21. The molecule has 9 aromatic heterocycles. The van der Waals surface area contributed by atoms with Crippen LogP contribution in [0, 0.1) is 42.5 Å². The van der Waals surface area contributed by atoms with Crippen LogP contribution in [0.1, 0.15) is 25.0 Å². The van der Waals surface area contributed by atoms with Crippen LogP contribution in [0.15, 0.2) is 367 Å². The molecule has 0 N–H and O–H groups in total. The predicted molar refractivity (Wildman–Crippen MR) is 545 cm³/mol. The van der Waals surface area contributed by atoms with Crippen molar-refractivity contribution >= 4 is 224 Å². The van der Waals surface area contributed by atoms with E-state index >= 15 is 0 Å². The van der Waals surface area contributed by atoms with Crippen molar-refractivity contribution in [2.45, 2.75) is 97.7 Å². The van der Waals surface area contributed by atoms with Gasteiger partial charge in [0.15, 0.2) is 0 Å². The SMILES string of the molecule is CC1(C)c2ccc[c-]c2-n2c3ncccc3c3cccc1c32.C[Si]1(C)c2ccc[c-]c2-n2c3[c-]cccc3c3cccc1c32.C[Si]1(C)c2ccc[c-]c2N2c3ncccc3[Si](C)(C)c3cccc1c32.[Ir].[Ir].[Ir].[Ir].[Ir].[Ir].[c-]1cccc2c1-n1c3ncccc3c3cccc(c31)S2.[c-]1cccc2c1N1c3ncccc3Sc3cccc(c31)S2.[c-]1cccc2c3cccc4c3n(c12)-c1ncccc1S4. The van der Waals surface area contributed by atoms with E-state index in [0.29, 0.717) is 0 Å². The zero-order valence-electron chi connectivity index (χ0n) is 74.2. The minimum absolute atomic E-state index is 0. The fourth-order valence-corrected chi connectivity index (χ4v) is 34.3. The molecule has 0 bridgehead atoms. The minimum Gasteiger partial charge on any atom is -0.358 e. The minimum atomic E-state index is -1.77. The Hall–Kier alpha value is -9.64. The monoisotopic (exact) mass is 2950 g/mol. The summed E-state index contributed by atoms with van der Waals surface area (Å²) in [5, 5.41) is 19.0. The van der Waals surface area contributed by atoms with Gasteiger partial charge in [-0.25, -0.2) is 24.9 Å². The van der Waals surface area contributed by atoms with E-state index in [4.69, 9.17) is 4.98 Å². The average Bonchev–Trinajstić information content (AvgIpc) is 1.48. The van der Waals surface area contributed by atoms with Gasteiger partial charge in [-0.1, -0.05) is 217 Å². The van der Waals surface area contributed by atoms with E-state index in [0.717, 1.165) is 56.8 Å².